The van der Waals surface area contributed by atoms with Gasteiger partial charge in [-0.2, -0.15) is 0 Å². The monoisotopic (exact) mass is 301 g/mol. The lowest BCUT2D eigenvalue weighted by Crippen LogP contribution is -2.48. The fraction of sp³-hybridized carbons (Fsp3) is 0.375. The predicted molar refractivity (Wildman–Crippen MR) is 86.4 cm³/mol. The standard InChI is InChI=1S/C16H19N3OS/c1-10(13-7-17-8-13)16(20)19-14-5-3-12(4-6-14)15-9-21-11(2)18-15/h3-6,9-10,13,17H,7-8H2,1-2H3,(H,19,20). The van der Waals surface area contributed by atoms with E-state index in [-0.39, 0.29) is 11.8 Å². The van der Waals surface area contributed by atoms with Crippen LogP contribution in [0.5, 0.6) is 0 Å². The van der Waals surface area contributed by atoms with E-state index in [1.807, 2.05) is 38.1 Å². The number of thiazole rings is 1. The quantitative estimate of drug-likeness (QED) is 0.913. The van der Waals surface area contributed by atoms with Gasteiger partial charge in [0, 0.05) is 22.5 Å². The third-order valence-electron chi connectivity index (χ3n) is 4.00. The molecule has 1 aliphatic heterocycles. The average Bonchev–Trinajstić information content (AvgIpc) is 2.84. The van der Waals surface area contributed by atoms with Crippen LogP contribution in [0.1, 0.15) is 11.9 Å². The second-order valence-electron chi connectivity index (χ2n) is 5.53. The summed E-state index contributed by atoms with van der Waals surface area (Å²) in [6.07, 6.45) is 0. The normalized spacial score (nSPS) is 16.3. The number of anilines is 1. The lowest BCUT2D eigenvalue weighted by atomic mass is 9.88. The first-order valence-corrected chi connectivity index (χ1v) is 8.05. The maximum atomic E-state index is 12.2. The maximum Gasteiger partial charge on any atom is 0.227 e. The van der Waals surface area contributed by atoms with Crippen LogP contribution in [0.3, 0.4) is 0 Å². The fourth-order valence-corrected chi connectivity index (χ4v) is 2.98. The van der Waals surface area contributed by atoms with E-state index in [1.54, 1.807) is 11.3 Å². The third kappa shape index (κ3) is 3.14. The Morgan fingerprint density at radius 2 is 2.10 bits per heavy atom. The van der Waals surface area contributed by atoms with Crippen LogP contribution in [0, 0.1) is 18.8 Å². The zero-order valence-corrected chi connectivity index (χ0v) is 13.0. The average molecular weight is 301 g/mol. The molecule has 1 aliphatic rings. The first kappa shape index (κ1) is 14.2. The van der Waals surface area contributed by atoms with Gasteiger partial charge in [-0.05, 0) is 38.1 Å². The number of nitrogens with one attached hydrogen (secondary N) is 2. The van der Waals surface area contributed by atoms with Gasteiger partial charge in [-0.25, -0.2) is 4.98 Å². The van der Waals surface area contributed by atoms with Gasteiger partial charge in [0.25, 0.3) is 0 Å². The summed E-state index contributed by atoms with van der Waals surface area (Å²) in [5, 5.41) is 9.30. The number of carbonyl (C=O) groups excluding carboxylic acids is 1. The van der Waals surface area contributed by atoms with Crippen LogP contribution >= 0.6 is 11.3 Å². The molecule has 1 unspecified atom stereocenters. The molecular formula is C16H19N3OS. The highest BCUT2D eigenvalue weighted by atomic mass is 32.1. The molecule has 1 atom stereocenters. The number of amides is 1. The molecule has 0 spiro atoms. The zero-order valence-electron chi connectivity index (χ0n) is 12.2. The highest BCUT2D eigenvalue weighted by molar-refractivity contribution is 7.09. The molecule has 1 aromatic carbocycles. The molecule has 3 rings (SSSR count). The number of aromatic nitrogens is 1. The molecule has 21 heavy (non-hydrogen) atoms. The van der Waals surface area contributed by atoms with Crippen molar-refractivity contribution in [3.63, 3.8) is 0 Å². The Morgan fingerprint density at radius 1 is 1.38 bits per heavy atom. The van der Waals surface area contributed by atoms with Crippen LogP contribution in [0.4, 0.5) is 5.69 Å². The topological polar surface area (TPSA) is 54.0 Å². The molecule has 1 saturated heterocycles. The first-order chi connectivity index (χ1) is 10.1. The van der Waals surface area contributed by atoms with Gasteiger partial charge in [0.05, 0.1) is 10.7 Å². The van der Waals surface area contributed by atoms with E-state index < -0.39 is 0 Å². The van der Waals surface area contributed by atoms with Gasteiger partial charge in [0.2, 0.25) is 5.91 Å². The van der Waals surface area contributed by atoms with E-state index in [1.165, 1.54) is 0 Å². The first-order valence-electron chi connectivity index (χ1n) is 7.17. The molecule has 0 saturated carbocycles. The van der Waals surface area contributed by atoms with Gasteiger partial charge in [-0.1, -0.05) is 19.1 Å². The molecule has 1 fully saturated rings. The minimum Gasteiger partial charge on any atom is -0.326 e. The Kier molecular flexibility index (Phi) is 4.03. The molecule has 1 aromatic heterocycles. The van der Waals surface area contributed by atoms with Gasteiger partial charge in [-0.3, -0.25) is 4.79 Å². The van der Waals surface area contributed by atoms with E-state index in [4.69, 9.17) is 0 Å². The van der Waals surface area contributed by atoms with Crippen molar-refractivity contribution >= 4 is 22.9 Å². The molecule has 2 aromatic rings. The minimum absolute atomic E-state index is 0.0483. The van der Waals surface area contributed by atoms with E-state index in [9.17, 15) is 4.79 Å². The number of hydrogen-bond acceptors (Lipinski definition) is 4. The summed E-state index contributed by atoms with van der Waals surface area (Å²) < 4.78 is 0. The van der Waals surface area contributed by atoms with Crippen molar-refractivity contribution in [2.75, 3.05) is 18.4 Å². The van der Waals surface area contributed by atoms with Crippen LogP contribution in [0.15, 0.2) is 29.6 Å². The Morgan fingerprint density at radius 3 is 2.62 bits per heavy atom. The van der Waals surface area contributed by atoms with Gasteiger partial charge >= 0.3 is 0 Å². The number of rotatable bonds is 4. The van der Waals surface area contributed by atoms with Crippen molar-refractivity contribution in [2.24, 2.45) is 11.8 Å². The molecule has 110 valence electrons. The molecule has 4 nitrogen and oxygen atoms in total. The van der Waals surface area contributed by atoms with E-state index in [0.29, 0.717) is 5.92 Å². The van der Waals surface area contributed by atoms with Gasteiger partial charge in [0.15, 0.2) is 0 Å². The third-order valence-corrected chi connectivity index (χ3v) is 4.77. The van der Waals surface area contributed by atoms with Gasteiger partial charge in [-0.15, -0.1) is 11.3 Å². The van der Waals surface area contributed by atoms with Crippen molar-refractivity contribution in [3.05, 3.63) is 34.7 Å². The van der Waals surface area contributed by atoms with Crippen LogP contribution in [0.25, 0.3) is 11.3 Å². The largest absolute Gasteiger partial charge is 0.326 e. The van der Waals surface area contributed by atoms with Gasteiger partial charge < -0.3 is 10.6 Å². The number of hydrogen-bond donors (Lipinski definition) is 2. The fourth-order valence-electron chi connectivity index (χ4n) is 2.36. The van der Waals surface area contributed by atoms with Crippen LogP contribution in [-0.4, -0.2) is 24.0 Å². The van der Waals surface area contributed by atoms with E-state index in [0.717, 1.165) is 35.0 Å². The number of carbonyl (C=O) groups is 1. The molecule has 2 heterocycles. The lowest BCUT2D eigenvalue weighted by molar-refractivity contribution is -0.121. The smallest absolute Gasteiger partial charge is 0.227 e. The summed E-state index contributed by atoms with van der Waals surface area (Å²) in [5.41, 5.74) is 2.91. The number of benzene rings is 1. The van der Waals surface area contributed by atoms with Crippen molar-refractivity contribution in [1.82, 2.24) is 10.3 Å². The predicted octanol–water partition coefficient (Wildman–Crippen LogP) is 2.91. The van der Waals surface area contributed by atoms with Crippen molar-refractivity contribution < 1.29 is 4.79 Å². The summed E-state index contributed by atoms with van der Waals surface area (Å²) in [7, 11) is 0. The molecule has 1 amide bonds. The van der Waals surface area contributed by atoms with Crippen LogP contribution in [-0.2, 0) is 4.79 Å². The molecule has 0 radical (unpaired) electrons. The summed E-state index contributed by atoms with van der Waals surface area (Å²) in [6.45, 7) is 5.88. The van der Waals surface area contributed by atoms with Crippen molar-refractivity contribution in [3.8, 4) is 11.3 Å². The maximum absolute atomic E-state index is 12.2. The number of aryl methyl sites for hydroxylation is 1. The van der Waals surface area contributed by atoms with E-state index >= 15 is 0 Å². The molecule has 0 aliphatic carbocycles. The Bertz CT molecular complexity index is 631. The van der Waals surface area contributed by atoms with Crippen molar-refractivity contribution in [1.29, 1.82) is 0 Å². The van der Waals surface area contributed by atoms with Crippen LogP contribution < -0.4 is 10.6 Å². The molecular weight excluding hydrogens is 282 g/mol. The molecule has 2 N–H and O–H groups in total. The minimum atomic E-state index is 0.0483. The second-order valence-corrected chi connectivity index (χ2v) is 6.59. The summed E-state index contributed by atoms with van der Waals surface area (Å²) in [4.78, 5) is 16.6. The highest BCUT2D eigenvalue weighted by Crippen LogP contribution is 2.24. The SMILES string of the molecule is Cc1nc(-c2ccc(NC(=O)C(C)C3CNC3)cc2)cs1. The Labute approximate surface area is 128 Å². The molecule has 0 bridgehead atoms. The Balaban J connectivity index is 1.65. The van der Waals surface area contributed by atoms with Crippen molar-refractivity contribution in [2.45, 2.75) is 13.8 Å². The highest BCUT2D eigenvalue weighted by Gasteiger charge is 2.28. The molecule has 5 heteroatoms. The summed E-state index contributed by atoms with van der Waals surface area (Å²) in [5.74, 6) is 0.605. The Hall–Kier alpha value is -1.72. The second kappa shape index (κ2) is 5.95. The van der Waals surface area contributed by atoms with Gasteiger partial charge in [0.1, 0.15) is 0 Å². The summed E-state index contributed by atoms with van der Waals surface area (Å²) in [6, 6.07) is 7.88. The number of nitrogens with zero attached hydrogens (tertiary/aromatic N) is 1. The zero-order chi connectivity index (χ0) is 14.8. The lowest BCUT2D eigenvalue weighted by Gasteiger charge is -2.31. The van der Waals surface area contributed by atoms with Crippen LogP contribution in [0.2, 0.25) is 0 Å². The summed E-state index contributed by atoms with van der Waals surface area (Å²) >= 11 is 1.64. The van der Waals surface area contributed by atoms with E-state index in [2.05, 4.69) is 21.0 Å².